The molecule has 5 heteroatoms. The number of hydrogen-bond donors (Lipinski definition) is 2. The van der Waals surface area contributed by atoms with Crippen LogP contribution in [0.4, 0.5) is 0 Å². The molecule has 0 aliphatic carbocycles. The van der Waals surface area contributed by atoms with Crippen molar-refractivity contribution in [1.29, 1.82) is 0 Å². The van der Waals surface area contributed by atoms with E-state index in [2.05, 4.69) is 24.5 Å². The minimum absolute atomic E-state index is 0.151. The number of carbonyl (C=O) groups excluding carboxylic acids is 1. The van der Waals surface area contributed by atoms with Crippen molar-refractivity contribution in [3.63, 3.8) is 0 Å². The average molecular weight is 292 g/mol. The third kappa shape index (κ3) is 3.47. The number of hydrogen-bond acceptors (Lipinski definition) is 4. The lowest BCUT2D eigenvalue weighted by Crippen LogP contribution is -2.38. The highest BCUT2D eigenvalue weighted by atomic mass is 16.5. The Labute approximate surface area is 126 Å². The molecule has 0 spiro atoms. The van der Waals surface area contributed by atoms with Gasteiger partial charge >= 0.3 is 0 Å². The normalized spacial score (nSPS) is 20.9. The van der Waals surface area contributed by atoms with Crippen LogP contribution in [0.2, 0.25) is 0 Å². The topological polar surface area (TPSA) is 59.6 Å². The van der Waals surface area contributed by atoms with Gasteiger partial charge in [-0.2, -0.15) is 0 Å². The van der Waals surface area contributed by atoms with Crippen molar-refractivity contribution in [2.45, 2.75) is 44.9 Å². The molecule has 1 amide bonds. The molecule has 2 rings (SSSR count). The molecule has 1 aliphatic rings. The number of ether oxygens (including phenoxy) is 2. The highest BCUT2D eigenvalue weighted by Crippen LogP contribution is 2.41. The van der Waals surface area contributed by atoms with E-state index in [0.717, 1.165) is 17.7 Å². The zero-order chi connectivity index (χ0) is 15.6. The predicted molar refractivity (Wildman–Crippen MR) is 81.7 cm³/mol. The van der Waals surface area contributed by atoms with Crippen molar-refractivity contribution in [2.75, 3.05) is 14.1 Å². The molecule has 1 aliphatic heterocycles. The van der Waals surface area contributed by atoms with E-state index in [9.17, 15) is 4.79 Å². The van der Waals surface area contributed by atoms with Crippen molar-refractivity contribution < 1.29 is 14.3 Å². The highest BCUT2D eigenvalue weighted by Gasteiger charge is 2.33. The zero-order valence-electron chi connectivity index (χ0n) is 13.3. The van der Waals surface area contributed by atoms with Gasteiger partial charge in [0.2, 0.25) is 0 Å². The molecule has 2 N–H and O–H groups in total. The molecule has 1 aromatic rings. The molecule has 0 fully saturated rings. The van der Waals surface area contributed by atoms with Crippen LogP contribution >= 0.6 is 0 Å². The van der Waals surface area contributed by atoms with Crippen LogP contribution in [0.15, 0.2) is 18.2 Å². The van der Waals surface area contributed by atoms with Gasteiger partial charge in [0.1, 0.15) is 17.1 Å². The first-order valence-electron chi connectivity index (χ1n) is 7.25. The Morgan fingerprint density at radius 1 is 1.43 bits per heavy atom. The van der Waals surface area contributed by atoms with Crippen LogP contribution in [-0.2, 0) is 4.79 Å². The summed E-state index contributed by atoms with van der Waals surface area (Å²) in [5.41, 5.74) is 0.892. The van der Waals surface area contributed by atoms with Gasteiger partial charge in [-0.05, 0) is 33.9 Å². The summed E-state index contributed by atoms with van der Waals surface area (Å²) in [6.07, 6.45) is 0.371. The van der Waals surface area contributed by atoms with Gasteiger partial charge in [0.25, 0.3) is 5.91 Å². The number of amides is 1. The molecule has 0 radical (unpaired) electrons. The zero-order valence-corrected chi connectivity index (χ0v) is 13.3. The number of rotatable bonds is 4. The van der Waals surface area contributed by atoms with Crippen LogP contribution in [0, 0.1) is 0 Å². The summed E-state index contributed by atoms with van der Waals surface area (Å²) in [5, 5.41) is 5.89. The molecular formula is C16H24N2O3. The van der Waals surface area contributed by atoms with Gasteiger partial charge in [0.05, 0.1) is 0 Å². The predicted octanol–water partition coefficient (Wildman–Crippen LogP) is 2.02. The number of carbonyl (C=O) groups is 1. The maximum Gasteiger partial charge on any atom is 0.260 e. The van der Waals surface area contributed by atoms with E-state index >= 15 is 0 Å². The Morgan fingerprint density at radius 3 is 2.76 bits per heavy atom. The summed E-state index contributed by atoms with van der Waals surface area (Å²) in [4.78, 5) is 11.5. The Morgan fingerprint density at radius 2 is 2.14 bits per heavy atom. The molecule has 5 nitrogen and oxygen atoms in total. The quantitative estimate of drug-likeness (QED) is 0.891. The van der Waals surface area contributed by atoms with Gasteiger partial charge in [-0.1, -0.05) is 6.07 Å². The number of nitrogens with one attached hydrogen (secondary N) is 2. The lowest BCUT2D eigenvalue weighted by molar-refractivity contribution is -0.126. The number of likely N-dealkylation sites (N-methyl/N-ethyl adjacent to an activating group) is 1. The summed E-state index contributed by atoms with van der Waals surface area (Å²) in [6.45, 7) is 5.86. The maximum atomic E-state index is 11.5. The molecule has 0 aromatic heterocycles. The summed E-state index contributed by atoms with van der Waals surface area (Å²) in [6, 6.07) is 6.00. The molecule has 1 aromatic carbocycles. The third-order valence-electron chi connectivity index (χ3n) is 3.72. The largest absolute Gasteiger partial charge is 0.487 e. The first kappa shape index (κ1) is 15.6. The van der Waals surface area contributed by atoms with Gasteiger partial charge in [0.15, 0.2) is 6.10 Å². The molecule has 0 bridgehead atoms. The second-order valence-corrected chi connectivity index (χ2v) is 5.98. The van der Waals surface area contributed by atoms with Crippen molar-refractivity contribution in [2.24, 2.45) is 0 Å². The van der Waals surface area contributed by atoms with E-state index in [1.807, 2.05) is 25.2 Å². The Balaban J connectivity index is 2.24. The molecule has 1 heterocycles. The van der Waals surface area contributed by atoms with E-state index in [0.29, 0.717) is 5.75 Å². The standard InChI is InChI=1S/C16H24N2O3/c1-10(15(19)18-5)20-11-6-7-12-13(17-4)9-16(2,3)21-14(12)8-11/h6-8,10,13,17H,9H2,1-5H3,(H,18,19). The molecule has 0 saturated heterocycles. The van der Waals surface area contributed by atoms with E-state index in [4.69, 9.17) is 9.47 Å². The minimum atomic E-state index is -0.537. The molecule has 2 atom stereocenters. The fourth-order valence-electron chi connectivity index (χ4n) is 2.62. The van der Waals surface area contributed by atoms with Crippen molar-refractivity contribution >= 4 is 5.91 Å². The lowest BCUT2D eigenvalue weighted by Gasteiger charge is -2.37. The Hall–Kier alpha value is -1.75. The summed E-state index contributed by atoms with van der Waals surface area (Å²) < 4.78 is 11.7. The van der Waals surface area contributed by atoms with Crippen LogP contribution < -0.4 is 20.1 Å². The second-order valence-electron chi connectivity index (χ2n) is 5.98. The average Bonchev–Trinajstić information content (AvgIpc) is 2.43. The van der Waals surface area contributed by atoms with Gasteiger partial charge in [-0.15, -0.1) is 0 Å². The summed E-state index contributed by atoms with van der Waals surface area (Å²) in [7, 11) is 3.55. The van der Waals surface area contributed by atoms with Crippen LogP contribution in [-0.4, -0.2) is 31.7 Å². The monoisotopic (exact) mass is 292 g/mol. The van der Waals surface area contributed by atoms with Gasteiger partial charge in [-0.25, -0.2) is 0 Å². The van der Waals surface area contributed by atoms with Gasteiger partial charge in [-0.3, -0.25) is 4.79 Å². The first-order valence-corrected chi connectivity index (χ1v) is 7.25. The van der Waals surface area contributed by atoms with Crippen molar-refractivity contribution in [3.05, 3.63) is 23.8 Å². The number of fused-ring (bicyclic) bond motifs is 1. The fraction of sp³-hybridized carbons (Fsp3) is 0.562. The molecule has 116 valence electrons. The van der Waals surface area contributed by atoms with Crippen LogP contribution in [0.3, 0.4) is 0 Å². The highest BCUT2D eigenvalue weighted by molar-refractivity contribution is 5.80. The van der Waals surface area contributed by atoms with E-state index in [1.54, 1.807) is 14.0 Å². The SMILES string of the molecule is CNC(=O)C(C)Oc1ccc2c(c1)OC(C)(C)CC2NC. The summed E-state index contributed by atoms with van der Waals surface area (Å²) >= 11 is 0. The maximum absolute atomic E-state index is 11.5. The van der Waals surface area contributed by atoms with Crippen molar-refractivity contribution in [3.8, 4) is 11.5 Å². The molecule has 21 heavy (non-hydrogen) atoms. The molecule has 0 saturated carbocycles. The number of benzene rings is 1. The third-order valence-corrected chi connectivity index (χ3v) is 3.72. The van der Waals surface area contributed by atoms with E-state index in [1.165, 1.54) is 0 Å². The Bertz CT molecular complexity index is 528. The van der Waals surface area contributed by atoms with Crippen molar-refractivity contribution in [1.82, 2.24) is 10.6 Å². The first-order chi connectivity index (χ1) is 9.86. The van der Waals surface area contributed by atoms with Crippen LogP contribution in [0.5, 0.6) is 11.5 Å². The smallest absolute Gasteiger partial charge is 0.260 e. The fourth-order valence-corrected chi connectivity index (χ4v) is 2.62. The van der Waals surface area contributed by atoms with Crippen LogP contribution in [0.25, 0.3) is 0 Å². The van der Waals surface area contributed by atoms with E-state index < -0.39 is 6.10 Å². The summed E-state index contributed by atoms with van der Waals surface area (Å²) in [5.74, 6) is 1.30. The second kappa shape index (κ2) is 5.93. The molecule has 2 unspecified atom stereocenters. The van der Waals surface area contributed by atoms with E-state index in [-0.39, 0.29) is 17.6 Å². The minimum Gasteiger partial charge on any atom is -0.487 e. The molecular weight excluding hydrogens is 268 g/mol. The van der Waals surface area contributed by atoms with Gasteiger partial charge < -0.3 is 20.1 Å². The van der Waals surface area contributed by atoms with Gasteiger partial charge in [0, 0.05) is 31.1 Å². The lowest BCUT2D eigenvalue weighted by atomic mass is 9.90. The van der Waals surface area contributed by atoms with Crippen LogP contribution in [0.1, 0.15) is 38.8 Å². The Kier molecular flexibility index (Phi) is 4.42.